The lowest BCUT2D eigenvalue weighted by molar-refractivity contribution is -0.127. The van der Waals surface area contributed by atoms with E-state index in [0.29, 0.717) is 19.1 Å². The molecule has 3 heterocycles. The van der Waals surface area contributed by atoms with Crippen molar-refractivity contribution in [2.45, 2.75) is 45.2 Å². The zero-order valence-corrected chi connectivity index (χ0v) is 16.9. The first-order chi connectivity index (χ1) is 13.6. The fourth-order valence-corrected chi connectivity index (χ4v) is 4.31. The predicted octanol–water partition coefficient (Wildman–Crippen LogP) is 1.01. The highest BCUT2D eigenvalue weighted by atomic mass is 16.2. The fraction of sp³-hybridized carbons (Fsp3) is 0.667. The van der Waals surface area contributed by atoms with Crippen LogP contribution in [0.15, 0.2) is 24.5 Å². The molecule has 2 amide bonds. The number of piperidine rings is 2. The molecule has 0 aliphatic carbocycles. The van der Waals surface area contributed by atoms with Crippen molar-refractivity contribution in [2.75, 3.05) is 39.3 Å². The lowest BCUT2D eigenvalue weighted by atomic mass is 9.93. The van der Waals surface area contributed by atoms with Crippen molar-refractivity contribution in [2.24, 2.45) is 5.92 Å². The van der Waals surface area contributed by atoms with Crippen LogP contribution in [0.4, 0.5) is 0 Å². The second-order valence-electron chi connectivity index (χ2n) is 7.97. The van der Waals surface area contributed by atoms with Crippen LogP contribution in [0.2, 0.25) is 0 Å². The number of likely N-dealkylation sites (tertiary alicyclic amines) is 2. The summed E-state index contributed by atoms with van der Waals surface area (Å²) < 4.78 is 0. The van der Waals surface area contributed by atoms with Gasteiger partial charge in [0.25, 0.3) is 0 Å². The van der Waals surface area contributed by atoms with Crippen molar-refractivity contribution < 1.29 is 9.59 Å². The van der Waals surface area contributed by atoms with Crippen LogP contribution in [0.5, 0.6) is 0 Å². The molecule has 0 aromatic carbocycles. The van der Waals surface area contributed by atoms with E-state index in [1.54, 1.807) is 0 Å². The molecule has 28 heavy (non-hydrogen) atoms. The van der Waals surface area contributed by atoms with Gasteiger partial charge >= 0.3 is 0 Å². The SMILES string of the molecule is CC(=O)NCCNC(=O)C1CCCN(C2CCN(Cc3ccncc3)CC2)C1. The van der Waals surface area contributed by atoms with E-state index in [0.717, 1.165) is 45.6 Å². The number of hydrogen-bond acceptors (Lipinski definition) is 5. The maximum absolute atomic E-state index is 12.5. The first-order valence-electron chi connectivity index (χ1n) is 10.5. The number of rotatable bonds is 7. The van der Waals surface area contributed by atoms with Crippen molar-refractivity contribution in [1.82, 2.24) is 25.4 Å². The second-order valence-corrected chi connectivity index (χ2v) is 7.97. The van der Waals surface area contributed by atoms with Crippen LogP contribution >= 0.6 is 0 Å². The normalized spacial score (nSPS) is 22.0. The molecule has 3 rings (SSSR count). The summed E-state index contributed by atoms with van der Waals surface area (Å²) in [6, 6.07) is 4.77. The highest BCUT2D eigenvalue weighted by Gasteiger charge is 2.31. The Bertz CT molecular complexity index is 631. The van der Waals surface area contributed by atoms with Crippen LogP contribution < -0.4 is 10.6 Å². The third kappa shape index (κ3) is 6.27. The molecule has 1 aromatic heterocycles. The van der Waals surface area contributed by atoms with E-state index in [9.17, 15) is 9.59 Å². The van der Waals surface area contributed by atoms with Gasteiger partial charge in [-0.3, -0.25) is 24.4 Å². The van der Waals surface area contributed by atoms with E-state index in [1.165, 1.54) is 25.3 Å². The number of nitrogens with one attached hydrogen (secondary N) is 2. The average molecular weight is 388 g/mol. The van der Waals surface area contributed by atoms with Crippen molar-refractivity contribution in [1.29, 1.82) is 0 Å². The number of aromatic nitrogens is 1. The van der Waals surface area contributed by atoms with Gasteiger partial charge in [-0.05, 0) is 63.0 Å². The number of amides is 2. The van der Waals surface area contributed by atoms with Crippen molar-refractivity contribution >= 4 is 11.8 Å². The van der Waals surface area contributed by atoms with Crippen LogP contribution in [0.1, 0.15) is 38.2 Å². The fourth-order valence-electron chi connectivity index (χ4n) is 4.31. The Labute approximate surface area is 167 Å². The van der Waals surface area contributed by atoms with Crippen molar-refractivity contribution in [3.05, 3.63) is 30.1 Å². The summed E-state index contributed by atoms with van der Waals surface area (Å²) in [6.07, 6.45) is 8.10. The largest absolute Gasteiger partial charge is 0.355 e. The molecule has 2 aliphatic heterocycles. The Balaban J connectivity index is 1.40. The van der Waals surface area contributed by atoms with Gasteiger partial charge in [0.2, 0.25) is 11.8 Å². The highest BCUT2D eigenvalue weighted by Crippen LogP contribution is 2.24. The summed E-state index contributed by atoms with van der Waals surface area (Å²) in [5.41, 5.74) is 1.32. The van der Waals surface area contributed by atoms with E-state index in [4.69, 9.17) is 0 Å². The summed E-state index contributed by atoms with van der Waals surface area (Å²) in [6.45, 7) is 7.66. The third-order valence-electron chi connectivity index (χ3n) is 5.85. The molecular formula is C21H33N5O2. The molecule has 1 atom stereocenters. The highest BCUT2D eigenvalue weighted by molar-refractivity contribution is 5.79. The maximum atomic E-state index is 12.5. The molecule has 7 nitrogen and oxygen atoms in total. The summed E-state index contributed by atoms with van der Waals surface area (Å²) in [4.78, 5) is 32.5. The Hall–Kier alpha value is -1.99. The van der Waals surface area contributed by atoms with Crippen LogP contribution in [0, 0.1) is 5.92 Å². The molecule has 1 unspecified atom stereocenters. The lowest BCUT2D eigenvalue weighted by Gasteiger charge is -2.42. The molecule has 2 N–H and O–H groups in total. The summed E-state index contributed by atoms with van der Waals surface area (Å²) in [5, 5.41) is 5.69. The smallest absolute Gasteiger partial charge is 0.224 e. The minimum atomic E-state index is -0.0617. The molecule has 154 valence electrons. The zero-order chi connectivity index (χ0) is 19.8. The van der Waals surface area contributed by atoms with Gasteiger partial charge in [-0.25, -0.2) is 0 Å². The number of hydrogen-bond donors (Lipinski definition) is 2. The van der Waals surface area contributed by atoms with Crippen LogP contribution in [-0.2, 0) is 16.1 Å². The van der Waals surface area contributed by atoms with Gasteiger partial charge in [-0.15, -0.1) is 0 Å². The molecule has 1 aromatic rings. The summed E-state index contributed by atoms with van der Waals surface area (Å²) in [7, 11) is 0. The van der Waals surface area contributed by atoms with Gasteiger partial charge in [0.05, 0.1) is 5.92 Å². The van der Waals surface area contributed by atoms with E-state index in [2.05, 4.69) is 37.6 Å². The number of nitrogens with zero attached hydrogens (tertiary/aromatic N) is 3. The Morgan fingerprint density at radius 2 is 1.79 bits per heavy atom. The molecule has 0 radical (unpaired) electrons. The van der Waals surface area contributed by atoms with Crippen LogP contribution in [-0.4, -0.2) is 71.9 Å². The third-order valence-corrected chi connectivity index (χ3v) is 5.85. The van der Waals surface area contributed by atoms with Crippen LogP contribution in [0.25, 0.3) is 0 Å². The predicted molar refractivity (Wildman–Crippen MR) is 109 cm³/mol. The van der Waals surface area contributed by atoms with E-state index in [-0.39, 0.29) is 17.7 Å². The molecule has 2 aliphatic rings. The molecule has 2 fully saturated rings. The molecular weight excluding hydrogens is 354 g/mol. The lowest BCUT2D eigenvalue weighted by Crippen LogP contribution is -2.51. The topological polar surface area (TPSA) is 77.6 Å². The Kier molecular flexibility index (Phi) is 7.80. The standard InChI is InChI=1S/C21H33N5O2/c1-17(27)23-10-11-24-21(28)19-3-2-12-26(16-19)20-6-13-25(14-7-20)15-18-4-8-22-9-5-18/h4-5,8-9,19-20H,2-3,6-7,10-16H2,1H3,(H,23,27)(H,24,28). The van der Waals surface area contributed by atoms with Gasteiger partial charge in [0.1, 0.15) is 0 Å². The molecule has 2 saturated heterocycles. The number of pyridine rings is 1. The van der Waals surface area contributed by atoms with Gasteiger partial charge in [0.15, 0.2) is 0 Å². The number of carbonyl (C=O) groups excluding carboxylic acids is 2. The second kappa shape index (κ2) is 10.5. The molecule has 0 saturated carbocycles. The van der Waals surface area contributed by atoms with Gasteiger partial charge < -0.3 is 10.6 Å². The maximum Gasteiger partial charge on any atom is 0.224 e. The van der Waals surface area contributed by atoms with Crippen molar-refractivity contribution in [3.63, 3.8) is 0 Å². The minimum Gasteiger partial charge on any atom is -0.355 e. The molecule has 0 bridgehead atoms. The van der Waals surface area contributed by atoms with Crippen molar-refractivity contribution in [3.8, 4) is 0 Å². The molecule has 7 heteroatoms. The average Bonchev–Trinajstić information content (AvgIpc) is 2.72. The van der Waals surface area contributed by atoms with Gasteiger partial charge in [-0.2, -0.15) is 0 Å². The Morgan fingerprint density at radius 1 is 1.07 bits per heavy atom. The number of carbonyl (C=O) groups is 2. The summed E-state index contributed by atoms with van der Waals surface area (Å²) >= 11 is 0. The Morgan fingerprint density at radius 3 is 2.50 bits per heavy atom. The van der Waals surface area contributed by atoms with Gasteiger partial charge in [0, 0.05) is 51.5 Å². The first-order valence-corrected chi connectivity index (χ1v) is 10.5. The quantitative estimate of drug-likeness (QED) is 0.683. The van der Waals surface area contributed by atoms with Gasteiger partial charge in [-0.1, -0.05) is 0 Å². The zero-order valence-electron chi connectivity index (χ0n) is 16.9. The minimum absolute atomic E-state index is 0.0617. The van der Waals surface area contributed by atoms with E-state index >= 15 is 0 Å². The summed E-state index contributed by atoms with van der Waals surface area (Å²) in [5.74, 6) is 0.138. The van der Waals surface area contributed by atoms with Crippen LogP contribution in [0.3, 0.4) is 0 Å². The monoisotopic (exact) mass is 387 g/mol. The molecule has 0 spiro atoms. The first kappa shape index (κ1) is 20.7. The van der Waals surface area contributed by atoms with E-state index < -0.39 is 0 Å². The van der Waals surface area contributed by atoms with E-state index in [1.807, 2.05) is 12.4 Å².